The summed E-state index contributed by atoms with van der Waals surface area (Å²) < 4.78 is 0. The lowest BCUT2D eigenvalue weighted by molar-refractivity contribution is -0.131. The summed E-state index contributed by atoms with van der Waals surface area (Å²) in [5.74, 6) is 1.30. The SMILES string of the molecule is CN(C[C@H]1CCCN2CCCC[C@H]12)C(=O)CCc1nc2ccccc2c(=O)[nH]1. The van der Waals surface area contributed by atoms with Gasteiger partial charge in [0.1, 0.15) is 5.82 Å². The number of carbonyl (C=O) groups excluding carboxylic acids is 1. The van der Waals surface area contributed by atoms with E-state index in [0.717, 1.165) is 6.54 Å². The molecular weight excluding hydrogens is 352 g/mol. The van der Waals surface area contributed by atoms with Gasteiger partial charge < -0.3 is 14.8 Å². The Labute approximate surface area is 165 Å². The van der Waals surface area contributed by atoms with Crippen molar-refractivity contribution in [3.63, 3.8) is 0 Å². The van der Waals surface area contributed by atoms with Crippen LogP contribution in [0.25, 0.3) is 10.9 Å². The van der Waals surface area contributed by atoms with E-state index in [1.165, 1.54) is 45.2 Å². The molecule has 0 spiro atoms. The molecule has 2 aromatic rings. The summed E-state index contributed by atoms with van der Waals surface area (Å²) in [6.07, 6.45) is 7.20. The quantitative estimate of drug-likeness (QED) is 0.863. The lowest BCUT2D eigenvalue weighted by atomic mass is 9.83. The van der Waals surface area contributed by atoms with Crippen molar-refractivity contribution in [2.24, 2.45) is 5.92 Å². The van der Waals surface area contributed by atoms with Crippen molar-refractivity contribution < 1.29 is 4.79 Å². The average molecular weight is 383 g/mol. The number of H-pyrrole nitrogens is 1. The number of piperidine rings is 2. The van der Waals surface area contributed by atoms with Gasteiger partial charge in [0.2, 0.25) is 5.91 Å². The largest absolute Gasteiger partial charge is 0.345 e. The molecule has 1 amide bonds. The Balaban J connectivity index is 1.35. The molecule has 4 rings (SSSR count). The topological polar surface area (TPSA) is 69.3 Å². The Morgan fingerprint density at radius 3 is 2.93 bits per heavy atom. The standard InChI is InChI=1S/C22H30N4O2/c1-25(15-16-7-6-14-26-13-5-4-10-19(16)26)21(27)12-11-20-23-18-9-3-2-8-17(18)22(28)24-20/h2-3,8-9,16,19H,4-7,10-15H2,1H3,(H,23,24,28)/t16-,19-/m1/s1. The minimum atomic E-state index is -0.138. The van der Waals surface area contributed by atoms with Crippen LogP contribution in [-0.2, 0) is 11.2 Å². The Kier molecular flexibility index (Phi) is 5.76. The molecule has 2 atom stereocenters. The first-order valence-corrected chi connectivity index (χ1v) is 10.6. The number of aromatic nitrogens is 2. The van der Waals surface area contributed by atoms with Gasteiger partial charge >= 0.3 is 0 Å². The van der Waals surface area contributed by atoms with Crippen LogP contribution in [0.1, 0.15) is 44.3 Å². The summed E-state index contributed by atoms with van der Waals surface area (Å²) in [5, 5.41) is 0.587. The van der Waals surface area contributed by atoms with Crippen LogP contribution in [-0.4, -0.2) is 58.4 Å². The van der Waals surface area contributed by atoms with E-state index in [1.54, 1.807) is 6.07 Å². The van der Waals surface area contributed by atoms with E-state index in [0.29, 0.717) is 41.5 Å². The van der Waals surface area contributed by atoms with E-state index in [4.69, 9.17) is 0 Å². The maximum absolute atomic E-state index is 12.7. The van der Waals surface area contributed by atoms with E-state index in [2.05, 4.69) is 14.9 Å². The van der Waals surface area contributed by atoms with Gasteiger partial charge in [-0.25, -0.2) is 4.98 Å². The number of aromatic amines is 1. The number of hydrogen-bond donors (Lipinski definition) is 1. The molecule has 150 valence electrons. The molecular formula is C22H30N4O2. The Morgan fingerprint density at radius 1 is 1.21 bits per heavy atom. The number of nitrogens with zero attached hydrogens (tertiary/aromatic N) is 3. The molecule has 0 aliphatic carbocycles. The van der Waals surface area contributed by atoms with Crippen LogP contribution < -0.4 is 5.56 Å². The molecule has 3 heterocycles. The molecule has 2 saturated heterocycles. The zero-order chi connectivity index (χ0) is 19.5. The number of fused-ring (bicyclic) bond motifs is 2. The van der Waals surface area contributed by atoms with Gasteiger partial charge in [0.25, 0.3) is 5.56 Å². The van der Waals surface area contributed by atoms with E-state index in [-0.39, 0.29) is 11.5 Å². The molecule has 6 heteroatoms. The van der Waals surface area contributed by atoms with Crippen molar-refractivity contribution >= 4 is 16.8 Å². The highest BCUT2D eigenvalue weighted by atomic mass is 16.2. The van der Waals surface area contributed by atoms with Crippen molar-refractivity contribution in [2.45, 2.75) is 51.0 Å². The van der Waals surface area contributed by atoms with Gasteiger partial charge in [0, 0.05) is 32.5 Å². The van der Waals surface area contributed by atoms with Gasteiger partial charge in [0.15, 0.2) is 0 Å². The summed E-state index contributed by atoms with van der Waals surface area (Å²) in [5.41, 5.74) is 0.544. The van der Waals surface area contributed by atoms with E-state index < -0.39 is 0 Å². The van der Waals surface area contributed by atoms with Crippen LogP contribution in [0.2, 0.25) is 0 Å². The lowest BCUT2D eigenvalue weighted by Gasteiger charge is -2.45. The number of para-hydroxylation sites is 1. The highest BCUT2D eigenvalue weighted by molar-refractivity contribution is 5.78. The van der Waals surface area contributed by atoms with E-state index in [9.17, 15) is 9.59 Å². The molecule has 6 nitrogen and oxygen atoms in total. The number of carbonyl (C=O) groups is 1. The number of aryl methyl sites for hydroxylation is 1. The molecule has 1 N–H and O–H groups in total. The van der Waals surface area contributed by atoms with Crippen LogP contribution in [0.5, 0.6) is 0 Å². The third-order valence-electron chi connectivity index (χ3n) is 6.40. The second-order valence-corrected chi connectivity index (χ2v) is 8.31. The number of benzene rings is 1. The first-order chi connectivity index (χ1) is 13.6. The summed E-state index contributed by atoms with van der Waals surface area (Å²) in [6, 6.07) is 7.95. The molecule has 2 aliphatic rings. The molecule has 1 aromatic heterocycles. The van der Waals surface area contributed by atoms with Gasteiger partial charge in [-0.3, -0.25) is 9.59 Å². The third kappa shape index (κ3) is 4.12. The van der Waals surface area contributed by atoms with Crippen molar-refractivity contribution in [3.05, 3.63) is 40.4 Å². The van der Waals surface area contributed by atoms with E-state index >= 15 is 0 Å². The predicted octanol–water partition coefficient (Wildman–Crippen LogP) is 2.58. The molecule has 0 radical (unpaired) electrons. The Morgan fingerprint density at radius 2 is 2.04 bits per heavy atom. The monoisotopic (exact) mass is 382 g/mol. The number of amides is 1. The number of rotatable bonds is 5. The zero-order valence-corrected chi connectivity index (χ0v) is 16.7. The summed E-state index contributed by atoms with van der Waals surface area (Å²) in [7, 11) is 1.92. The van der Waals surface area contributed by atoms with E-state index in [1.807, 2.05) is 30.1 Å². The summed E-state index contributed by atoms with van der Waals surface area (Å²) >= 11 is 0. The van der Waals surface area contributed by atoms with Crippen molar-refractivity contribution in [1.82, 2.24) is 19.8 Å². The van der Waals surface area contributed by atoms with Crippen LogP contribution in [0.3, 0.4) is 0 Å². The zero-order valence-electron chi connectivity index (χ0n) is 16.7. The van der Waals surface area contributed by atoms with Crippen LogP contribution in [0.4, 0.5) is 0 Å². The first-order valence-electron chi connectivity index (χ1n) is 10.6. The predicted molar refractivity (Wildman–Crippen MR) is 110 cm³/mol. The molecule has 28 heavy (non-hydrogen) atoms. The average Bonchev–Trinajstić information content (AvgIpc) is 2.72. The highest BCUT2D eigenvalue weighted by Crippen LogP contribution is 2.31. The maximum Gasteiger partial charge on any atom is 0.258 e. The van der Waals surface area contributed by atoms with Gasteiger partial charge in [-0.15, -0.1) is 0 Å². The fourth-order valence-corrected chi connectivity index (χ4v) is 4.91. The normalized spacial score (nSPS) is 22.8. The Bertz CT molecular complexity index is 891. The number of hydrogen-bond acceptors (Lipinski definition) is 4. The van der Waals surface area contributed by atoms with Gasteiger partial charge in [-0.05, 0) is 56.8 Å². The molecule has 0 saturated carbocycles. The van der Waals surface area contributed by atoms with Gasteiger partial charge in [-0.2, -0.15) is 0 Å². The minimum absolute atomic E-state index is 0.128. The second kappa shape index (κ2) is 8.43. The molecule has 2 aliphatic heterocycles. The Hall–Kier alpha value is -2.21. The third-order valence-corrected chi connectivity index (χ3v) is 6.40. The van der Waals surface area contributed by atoms with Crippen molar-refractivity contribution in [3.8, 4) is 0 Å². The summed E-state index contributed by atoms with van der Waals surface area (Å²) in [4.78, 5) is 36.7. The molecule has 2 fully saturated rings. The lowest BCUT2D eigenvalue weighted by Crippen LogP contribution is -2.51. The molecule has 0 unspecified atom stereocenters. The molecule has 0 bridgehead atoms. The van der Waals surface area contributed by atoms with Crippen LogP contribution >= 0.6 is 0 Å². The minimum Gasteiger partial charge on any atom is -0.345 e. The molecule has 1 aromatic carbocycles. The maximum atomic E-state index is 12.7. The van der Waals surface area contributed by atoms with Crippen LogP contribution in [0, 0.1) is 5.92 Å². The number of nitrogens with one attached hydrogen (secondary N) is 1. The smallest absolute Gasteiger partial charge is 0.258 e. The fraction of sp³-hybridized carbons (Fsp3) is 0.591. The summed E-state index contributed by atoms with van der Waals surface area (Å²) in [6.45, 7) is 3.28. The van der Waals surface area contributed by atoms with Crippen molar-refractivity contribution in [2.75, 3.05) is 26.7 Å². The van der Waals surface area contributed by atoms with Gasteiger partial charge in [-0.1, -0.05) is 18.6 Å². The second-order valence-electron chi connectivity index (χ2n) is 8.31. The van der Waals surface area contributed by atoms with Crippen LogP contribution in [0.15, 0.2) is 29.1 Å². The van der Waals surface area contributed by atoms with Gasteiger partial charge in [0.05, 0.1) is 10.9 Å². The highest BCUT2D eigenvalue weighted by Gasteiger charge is 2.33. The fourth-order valence-electron chi connectivity index (χ4n) is 4.91. The first kappa shape index (κ1) is 19.1. The van der Waals surface area contributed by atoms with Crippen molar-refractivity contribution in [1.29, 1.82) is 0 Å².